The molecule has 0 amide bonds. The number of nitrogens with zero attached hydrogens (tertiary/aromatic N) is 4. The number of benzene rings is 1. The molecule has 0 radical (unpaired) electrons. The Morgan fingerprint density at radius 1 is 1.13 bits per heavy atom. The smallest absolute Gasteiger partial charge is 0.247 e. The fraction of sp³-hybridized carbons (Fsp3) is 0.353. The second-order valence-corrected chi connectivity index (χ2v) is 5.96. The predicted octanol–water partition coefficient (Wildman–Crippen LogP) is 2.41. The Morgan fingerprint density at radius 2 is 1.96 bits per heavy atom. The average molecular weight is 308 g/mol. The monoisotopic (exact) mass is 308 g/mol. The van der Waals surface area contributed by atoms with Gasteiger partial charge >= 0.3 is 0 Å². The molecule has 0 saturated carbocycles. The van der Waals surface area contributed by atoms with Crippen molar-refractivity contribution in [3.63, 3.8) is 0 Å². The van der Waals surface area contributed by atoms with E-state index < -0.39 is 0 Å². The van der Waals surface area contributed by atoms with Crippen molar-refractivity contribution in [1.82, 2.24) is 24.9 Å². The molecule has 118 valence electrons. The van der Waals surface area contributed by atoms with E-state index in [2.05, 4.69) is 25.7 Å². The van der Waals surface area contributed by atoms with E-state index in [1.165, 1.54) is 12.8 Å². The van der Waals surface area contributed by atoms with Gasteiger partial charge in [0.15, 0.2) is 5.65 Å². The lowest BCUT2D eigenvalue weighted by atomic mass is 9.94. The summed E-state index contributed by atoms with van der Waals surface area (Å²) >= 11 is 0. The van der Waals surface area contributed by atoms with Gasteiger partial charge in [-0.25, -0.2) is 4.98 Å². The Morgan fingerprint density at radius 3 is 2.78 bits per heavy atom. The number of hydrogen-bond donors (Lipinski definition) is 2. The topological polar surface area (TPSA) is 67.1 Å². The number of hydrogen-bond acceptors (Lipinski definition) is 5. The van der Waals surface area contributed by atoms with Gasteiger partial charge in [0.25, 0.3) is 0 Å². The van der Waals surface area contributed by atoms with E-state index in [-0.39, 0.29) is 0 Å². The van der Waals surface area contributed by atoms with Crippen LogP contribution in [0.3, 0.4) is 0 Å². The highest BCUT2D eigenvalue weighted by Crippen LogP contribution is 2.19. The molecule has 0 aliphatic carbocycles. The minimum Gasteiger partial charge on any atom is -0.323 e. The molecule has 6 heteroatoms. The van der Waals surface area contributed by atoms with Gasteiger partial charge in [0.1, 0.15) is 5.82 Å². The van der Waals surface area contributed by atoms with Crippen LogP contribution in [0.1, 0.15) is 18.7 Å². The number of rotatable bonds is 4. The highest BCUT2D eigenvalue weighted by Gasteiger charge is 2.17. The zero-order chi connectivity index (χ0) is 15.5. The summed E-state index contributed by atoms with van der Waals surface area (Å²) in [5, 5.41) is 11.2. The molecule has 1 saturated heterocycles. The van der Waals surface area contributed by atoms with Gasteiger partial charge in [-0.3, -0.25) is 0 Å². The molecular formula is C17H20N6. The first-order chi connectivity index (χ1) is 11.4. The Hall–Kier alpha value is -2.47. The van der Waals surface area contributed by atoms with Crippen molar-refractivity contribution in [3.8, 4) is 0 Å². The molecule has 1 aliphatic rings. The molecule has 0 bridgehead atoms. The first-order valence-corrected chi connectivity index (χ1v) is 8.12. The number of fused-ring (bicyclic) bond motifs is 1. The summed E-state index contributed by atoms with van der Waals surface area (Å²) in [6.45, 7) is 2.19. The molecule has 0 atom stereocenters. The zero-order valence-corrected chi connectivity index (χ0v) is 12.9. The molecule has 3 heterocycles. The first kappa shape index (κ1) is 14.1. The van der Waals surface area contributed by atoms with E-state index in [4.69, 9.17) is 0 Å². The Balaban J connectivity index is 1.59. The normalized spacial score (nSPS) is 15.8. The number of piperidine rings is 1. The van der Waals surface area contributed by atoms with Gasteiger partial charge in [-0.15, -0.1) is 5.10 Å². The molecule has 1 aliphatic heterocycles. The molecule has 0 unspecified atom stereocenters. The van der Waals surface area contributed by atoms with Crippen LogP contribution in [0.2, 0.25) is 0 Å². The van der Waals surface area contributed by atoms with Gasteiger partial charge in [-0.2, -0.15) is 9.50 Å². The van der Waals surface area contributed by atoms with Crippen LogP contribution >= 0.6 is 0 Å². The second-order valence-electron chi connectivity index (χ2n) is 5.96. The van der Waals surface area contributed by atoms with E-state index in [0.717, 1.165) is 36.7 Å². The molecule has 0 spiro atoms. The van der Waals surface area contributed by atoms with Crippen molar-refractivity contribution in [2.75, 3.05) is 18.4 Å². The average Bonchev–Trinajstić information content (AvgIpc) is 3.00. The Labute approximate surface area is 135 Å². The summed E-state index contributed by atoms with van der Waals surface area (Å²) < 4.78 is 1.87. The molecule has 4 rings (SSSR count). The Kier molecular flexibility index (Phi) is 3.90. The van der Waals surface area contributed by atoms with Crippen molar-refractivity contribution < 1.29 is 0 Å². The minimum absolute atomic E-state index is 0.607. The molecule has 1 aromatic carbocycles. The molecule has 6 nitrogen and oxygen atoms in total. The van der Waals surface area contributed by atoms with E-state index >= 15 is 0 Å². The molecule has 2 aromatic heterocycles. The largest absolute Gasteiger partial charge is 0.323 e. The maximum absolute atomic E-state index is 4.59. The van der Waals surface area contributed by atoms with Crippen molar-refractivity contribution >= 4 is 17.3 Å². The molecule has 2 N–H and O–H groups in total. The minimum atomic E-state index is 0.607. The van der Waals surface area contributed by atoms with Crippen molar-refractivity contribution in [1.29, 1.82) is 0 Å². The highest BCUT2D eigenvalue weighted by molar-refractivity contribution is 5.55. The molecule has 1 fully saturated rings. The third-order valence-corrected chi connectivity index (χ3v) is 4.28. The molecular weight excluding hydrogens is 288 g/mol. The summed E-state index contributed by atoms with van der Waals surface area (Å²) in [6, 6.07) is 11.9. The lowest BCUT2D eigenvalue weighted by molar-refractivity contribution is 0.365. The van der Waals surface area contributed by atoms with Crippen molar-refractivity contribution in [3.05, 3.63) is 48.4 Å². The first-order valence-electron chi connectivity index (χ1n) is 8.12. The van der Waals surface area contributed by atoms with Crippen LogP contribution in [0, 0.1) is 5.92 Å². The van der Waals surface area contributed by atoms with Gasteiger partial charge in [0, 0.05) is 24.4 Å². The van der Waals surface area contributed by atoms with E-state index in [1.807, 2.05) is 47.1 Å². The van der Waals surface area contributed by atoms with Gasteiger partial charge in [-0.1, -0.05) is 18.2 Å². The summed E-state index contributed by atoms with van der Waals surface area (Å²) in [4.78, 5) is 9.08. The van der Waals surface area contributed by atoms with Gasteiger partial charge < -0.3 is 10.6 Å². The standard InChI is InChI=1S/C17H20N6/c1-2-4-14(5-3-1)20-17-21-15-8-11-19-16(23(15)22-17)12-13-6-9-18-10-7-13/h1-5,8,11,13,18H,6-7,9-10,12H2,(H,20,22). The van der Waals surface area contributed by atoms with Crippen LogP contribution in [0.4, 0.5) is 11.6 Å². The van der Waals surface area contributed by atoms with E-state index in [1.54, 1.807) is 0 Å². The maximum Gasteiger partial charge on any atom is 0.247 e. The number of para-hydroxylation sites is 1. The third kappa shape index (κ3) is 3.17. The van der Waals surface area contributed by atoms with E-state index in [9.17, 15) is 0 Å². The second kappa shape index (κ2) is 6.34. The number of nitrogens with one attached hydrogen (secondary N) is 2. The lowest BCUT2D eigenvalue weighted by Crippen LogP contribution is -2.29. The number of aromatic nitrogens is 4. The number of anilines is 2. The quantitative estimate of drug-likeness (QED) is 0.775. The fourth-order valence-corrected chi connectivity index (χ4v) is 3.05. The van der Waals surface area contributed by atoms with Gasteiger partial charge in [0.05, 0.1) is 0 Å². The van der Waals surface area contributed by atoms with Crippen LogP contribution in [0.5, 0.6) is 0 Å². The Bertz CT molecular complexity index is 776. The highest BCUT2D eigenvalue weighted by atomic mass is 15.4. The third-order valence-electron chi connectivity index (χ3n) is 4.28. The van der Waals surface area contributed by atoms with Crippen LogP contribution in [-0.4, -0.2) is 32.7 Å². The van der Waals surface area contributed by atoms with Crippen molar-refractivity contribution in [2.45, 2.75) is 19.3 Å². The van der Waals surface area contributed by atoms with Crippen LogP contribution in [0.25, 0.3) is 5.65 Å². The summed E-state index contributed by atoms with van der Waals surface area (Å²) in [7, 11) is 0. The maximum atomic E-state index is 4.59. The zero-order valence-electron chi connectivity index (χ0n) is 12.9. The summed E-state index contributed by atoms with van der Waals surface area (Å²) in [5.74, 6) is 2.27. The summed E-state index contributed by atoms with van der Waals surface area (Å²) in [6.07, 6.45) is 5.17. The van der Waals surface area contributed by atoms with Crippen molar-refractivity contribution in [2.24, 2.45) is 5.92 Å². The van der Waals surface area contributed by atoms with Crippen LogP contribution in [0.15, 0.2) is 42.6 Å². The lowest BCUT2D eigenvalue weighted by Gasteiger charge is -2.22. The van der Waals surface area contributed by atoms with Gasteiger partial charge in [0.2, 0.25) is 5.95 Å². The summed E-state index contributed by atoms with van der Waals surface area (Å²) in [5.41, 5.74) is 1.82. The predicted molar refractivity (Wildman–Crippen MR) is 89.8 cm³/mol. The van der Waals surface area contributed by atoms with Crippen LogP contribution in [-0.2, 0) is 6.42 Å². The molecule has 23 heavy (non-hydrogen) atoms. The van der Waals surface area contributed by atoms with E-state index in [0.29, 0.717) is 11.9 Å². The van der Waals surface area contributed by atoms with Gasteiger partial charge in [-0.05, 0) is 44.0 Å². The SMILES string of the molecule is c1ccc(Nc2nc3ccnc(CC4CCNCC4)n3n2)cc1. The fourth-order valence-electron chi connectivity index (χ4n) is 3.05. The molecule has 3 aromatic rings. The van der Waals surface area contributed by atoms with Crippen LogP contribution < -0.4 is 10.6 Å².